The summed E-state index contributed by atoms with van der Waals surface area (Å²) in [5, 5.41) is 14.0. The van der Waals surface area contributed by atoms with Crippen molar-refractivity contribution < 1.29 is 9.52 Å². The molecule has 0 unspecified atom stereocenters. The number of aliphatic hydroxyl groups excluding tert-OH is 1. The third kappa shape index (κ3) is 4.81. The molecule has 0 saturated carbocycles. The first-order valence-corrected chi connectivity index (χ1v) is 8.71. The van der Waals surface area contributed by atoms with Crippen molar-refractivity contribution in [3.63, 3.8) is 0 Å². The van der Waals surface area contributed by atoms with Crippen LogP contribution in [-0.2, 0) is 19.6 Å². The second-order valence-corrected chi connectivity index (χ2v) is 6.25. The Bertz CT molecular complexity index is 734. The summed E-state index contributed by atoms with van der Waals surface area (Å²) in [6.07, 6.45) is 6.35. The van der Waals surface area contributed by atoms with Gasteiger partial charge in [-0.3, -0.25) is 9.58 Å². The van der Waals surface area contributed by atoms with E-state index in [-0.39, 0.29) is 12.6 Å². The van der Waals surface area contributed by atoms with Crippen LogP contribution in [-0.4, -0.2) is 32.4 Å². The SMILES string of the molecule is CC[C@@H](CO)N(Cc1cccc(Cn2cccn2)c1)Cc1ccco1. The van der Waals surface area contributed by atoms with Crippen molar-refractivity contribution in [1.29, 1.82) is 0 Å². The van der Waals surface area contributed by atoms with E-state index in [0.29, 0.717) is 6.54 Å². The zero-order chi connectivity index (χ0) is 17.5. The van der Waals surface area contributed by atoms with E-state index in [4.69, 9.17) is 4.42 Å². The van der Waals surface area contributed by atoms with E-state index in [1.54, 1.807) is 12.5 Å². The summed E-state index contributed by atoms with van der Waals surface area (Å²) in [6.45, 7) is 4.47. The number of hydrogen-bond acceptors (Lipinski definition) is 4. The van der Waals surface area contributed by atoms with Gasteiger partial charge in [0.15, 0.2) is 0 Å². The summed E-state index contributed by atoms with van der Waals surface area (Å²) >= 11 is 0. The molecule has 0 aliphatic rings. The number of rotatable bonds is 9. The lowest BCUT2D eigenvalue weighted by atomic mass is 10.1. The molecule has 132 valence electrons. The highest BCUT2D eigenvalue weighted by Crippen LogP contribution is 2.17. The second kappa shape index (κ2) is 8.65. The van der Waals surface area contributed by atoms with Gasteiger partial charge in [0, 0.05) is 25.0 Å². The Labute approximate surface area is 148 Å². The fourth-order valence-corrected chi connectivity index (χ4v) is 3.06. The Balaban J connectivity index is 1.74. The van der Waals surface area contributed by atoms with Crippen molar-refractivity contribution in [2.24, 2.45) is 0 Å². The van der Waals surface area contributed by atoms with Gasteiger partial charge >= 0.3 is 0 Å². The number of nitrogens with zero attached hydrogens (tertiary/aromatic N) is 3. The molecule has 0 radical (unpaired) electrons. The fourth-order valence-electron chi connectivity index (χ4n) is 3.06. The molecule has 0 amide bonds. The topological polar surface area (TPSA) is 54.4 Å². The van der Waals surface area contributed by atoms with Crippen LogP contribution in [0.1, 0.15) is 30.2 Å². The molecular weight excluding hydrogens is 314 g/mol. The molecule has 2 aromatic heterocycles. The number of aliphatic hydroxyl groups is 1. The quantitative estimate of drug-likeness (QED) is 0.650. The average molecular weight is 339 g/mol. The molecule has 25 heavy (non-hydrogen) atoms. The van der Waals surface area contributed by atoms with Crippen molar-refractivity contribution in [3.8, 4) is 0 Å². The first-order valence-electron chi connectivity index (χ1n) is 8.71. The summed E-state index contributed by atoms with van der Waals surface area (Å²) in [6, 6.07) is 14.5. The highest BCUT2D eigenvalue weighted by atomic mass is 16.3. The predicted octanol–water partition coefficient (Wildman–Crippen LogP) is 3.30. The normalized spacial score (nSPS) is 12.6. The van der Waals surface area contributed by atoms with Crippen LogP contribution < -0.4 is 0 Å². The van der Waals surface area contributed by atoms with E-state index >= 15 is 0 Å². The van der Waals surface area contributed by atoms with Crippen molar-refractivity contribution >= 4 is 0 Å². The van der Waals surface area contributed by atoms with Gasteiger partial charge in [-0.25, -0.2) is 0 Å². The molecule has 1 N–H and O–H groups in total. The van der Waals surface area contributed by atoms with Gasteiger partial charge in [-0.15, -0.1) is 0 Å². The molecule has 0 aliphatic heterocycles. The smallest absolute Gasteiger partial charge is 0.117 e. The van der Waals surface area contributed by atoms with Crippen molar-refractivity contribution in [1.82, 2.24) is 14.7 Å². The molecule has 0 spiro atoms. The maximum absolute atomic E-state index is 9.74. The monoisotopic (exact) mass is 339 g/mol. The van der Waals surface area contributed by atoms with E-state index in [0.717, 1.165) is 25.3 Å². The van der Waals surface area contributed by atoms with Gasteiger partial charge in [0.25, 0.3) is 0 Å². The lowest BCUT2D eigenvalue weighted by Crippen LogP contribution is -2.36. The summed E-state index contributed by atoms with van der Waals surface area (Å²) in [5.74, 6) is 0.916. The lowest BCUT2D eigenvalue weighted by Gasteiger charge is -2.29. The van der Waals surface area contributed by atoms with E-state index in [1.165, 1.54) is 11.1 Å². The molecule has 5 nitrogen and oxygen atoms in total. The molecule has 3 rings (SSSR count). The van der Waals surface area contributed by atoms with Gasteiger partial charge < -0.3 is 9.52 Å². The second-order valence-electron chi connectivity index (χ2n) is 6.25. The minimum Gasteiger partial charge on any atom is -0.468 e. The molecule has 0 fully saturated rings. The Morgan fingerprint density at radius 2 is 2.04 bits per heavy atom. The number of hydrogen-bond donors (Lipinski definition) is 1. The van der Waals surface area contributed by atoms with Crippen molar-refractivity contribution in [2.45, 2.75) is 39.0 Å². The van der Waals surface area contributed by atoms with E-state index in [2.05, 4.69) is 41.2 Å². The molecule has 1 atom stereocenters. The van der Waals surface area contributed by atoms with Gasteiger partial charge in [-0.1, -0.05) is 31.2 Å². The highest BCUT2D eigenvalue weighted by Gasteiger charge is 2.18. The summed E-state index contributed by atoms with van der Waals surface area (Å²) in [5.41, 5.74) is 2.44. The van der Waals surface area contributed by atoms with Gasteiger partial charge in [0.2, 0.25) is 0 Å². The van der Waals surface area contributed by atoms with Crippen LogP contribution in [0.15, 0.2) is 65.5 Å². The van der Waals surface area contributed by atoms with Gasteiger partial charge in [0.05, 0.1) is 26.0 Å². The van der Waals surface area contributed by atoms with Crippen LogP contribution in [0.3, 0.4) is 0 Å². The van der Waals surface area contributed by atoms with E-state index < -0.39 is 0 Å². The highest BCUT2D eigenvalue weighted by molar-refractivity contribution is 5.24. The minimum atomic E-state index is 0.111. The molecule has 2 heterocycles. The maximum atomic E-state index is 9.74. The first kappa shape index (κ1) is 17.5. The molecule has 0 saturated heterocycles. The Hall–Kier alpha value is -2.37. The first-order chi connectivity index (χ1) is 12.3. The number of aromatic nitrogens is 2. The van der Waals surface area contributed by atoms with Crippen LogP contribution >= 0.6 is 0 Å². The maximum Gasteiger partial charge on any atom is 0.117 e. The third-order valence-corrected chi connectivity index (χ3v) is 4.42. The van der Waals surface area contributed by atoms with Crippen LogP contribution in [0, 0.1) is 0 Å². The Kier molecular flexibility index (Phi) is 6.04. The standard InChI is InChI=1S/C20H25N3O2/c1-2-19(16-24)22(15-20-8-4-11-25-20)13-17-6-3-7-18(12-17)14-23-10-5-9-21-23/h3-12,19,24H,2,13-16H2,1H3/t19-/m0/s1. The van der Waals surface area contributed by atoms with Crippen molar-refractivity contribution in [3.05, 3.63) is 78.0 Å². The van der Waals surface area contributed by atoms with Crippen LogP contribution in [0.25, 0.3) is 0 Å². The summed E-state index contributed by atoms with van der Waals surface area (Å²) in [7, 11) is 0. The summed E-state index contributed by atoms with van der Waals surface area (Å²) < 4.78 is 7.42. The molecule has 0 bridgehead atoms. The number of furan rings is 1. The molecule has 1 aromatic carbocycles. The van der Waals surface area contributed by atoms with Crippen LogP contribution in [0.5, 0.6) is 0 Å². The molecular formula is C20H25N3O2. The lowest BCUT2D eigenvalue weighted by molar-refractivity contribution is 0.0998. The Morgan fingerprint density at radius 1 is 1.16 bits per heavy atom. The predicted molar refractivity (Wildman–Crippen MR) is 96.9 cm³/mol. The largest absolute Gasteiger partial charge is 0.468 e. The van der Waals surface area contributed by atoms with Gasteiger partial charge in [0.1, 0.15) is 5.76 Å². The van der Waals surface area contributed by atoms with Crippen molar-refractivity contribution in [2.75, 3.05) is 6.61 Å². The van der Waals surface area contributed by atoms with Crippen LogP contribution in [0.2, 0.25) is 0 Å². The number of benzene rings is 1. The molecule has 3 aromatic rings. The minimum absolute atomic E-state index is 0.111. The fraction of sp³-hybridized carbons (Fsp3) is 0.350. The third-order valence-electron chi connectivity index (χ3n) is 4.42. The zero-order valence-electron chi connectivity index (χ0n) is 14.6. The zero-order valence-corrected chi connectivity index (χ0v) is 14.6. The summed E-state index contributed by atoms with van der Waals surface area (Å²) in [4.78, 5) is 2.27. The van der Waals surface area contributed by atoms with Gasteiger partial charge in [-0.2, -0.15) is 5.10 Å². The van der Waals surface area contributed by atoms with Crippen LogP contribution in [0.4, 0.5) is 0 Å². The Morgan fingerprint density at radius 3 is 2.72 bits per heavy atom. The van der Waals surface area contributed by atoms with Gasteiger partial charge in [-0.05, 0) is 35.7 Å². The van der Waals surface area contributed by atoms with E-state index in [1.807, 2.05) is 29.1 Å². The molecule has 0 aliphatic carbocycles. The average Bonchev–Trinajstić information content (AvgIpc) is 3.30. The van der Waals surface area contributed by atoms with E-state index in [9.17, 15) is 5.11 Å². The molecule has 5 heteroatoms.